The number of rotatable bonds is 4. The van der Waals surface area contributed by atoms with Gasteiger partial charge in [0.1, 0.15) is 6.17 Å². The molecule has 1 rings (SSSR count). The molecule has 2 N–H and O–H groups in total. The maximum atomic E-state index is 12.0. The molecule has 0 aromatic heterocycles. The Balaban J connectivity index is 2.54. The number of nitrogens with one attached hydrogen (secondary N) is 2. The van der Waals surface area contributed by atoms with Crippen LogP contribution in [0.15, 0.2) is 0 Å². The monoisotopic (exact) mass is 330 g/mol. The molecule has 0 aromatic rings. The second-order valence-corrected chi connectivity index (χ2v) is 8.11. The first-order valence-corrected chi connectivity index (χ1v) is 7.47. The molecule has 0 bridgehead atoms. The third-order valence-electron chi connectivity index (χ3n) is 2.86. The molecule has 0 unspecified atom stereocenters. The van der Waals surface area contributed by atoms with Crippen LogP contribution in [0, 0.1) is 5.41 Å². The van der Waals surface area contributed by atoms with Crippen LogP contribution in [0.5, 0.6) is 0 Å². The lowest BCUT2D eigenvalue weighted by Crippen LogP contribution is -2.57. The summed E-state index contributed by atoms with van der Waals surface area (Å²) in [6.45, 7) is 6.72. The average molecular weight is 332 g/mol. The molecule has 1 fully saturated rings. The van der Waals surface area contributed by atoms with Crippen molar-refractivity contribution in [3.8, 4) is 0 Å². The second-order valence-electron chi connectivity index (χ2n) is 5.74. The molecule has 1 aliphatic heterocycles. The van der Waals surface area contributed by atoms with Gasteiger partial charge in [-0.1, -0.05) is 55.6 Å². The molecule has 112 valence electrons. The molecule has 1 amide bonds. The molecule has 0 aliphatic carbocycles. The van der Waals surface area contributed by atoms with Crippen molar-refractivity contribution < 1.29 is 9.53 Å². The normalized spacial score (nSPS) is 22.3. The predicted octanol–water partition coefficient (Wildman–Crippen LogP) is 2.61. The zero-order valence-corrected chi connectivity index (χ0v) is 13.7. The van der Waals surface area contributed by atoms with Crippen LogP contribution in [0.4, 0.5) is 0 Å². The fourth-order valence-electron chi connectivity index (χ4n) is 1.65. The summed E-state index contributed by atoms with van der Waals surface area (Å²) in [5.41, 5.74) is -0.542. The van der Waals surface area contributed by atoms with Gasteiger partial charge in [-0.15, -0.1) is 0 Å². The Morgan fingerprint density at radius 2 is 2.00 bits per heavy atom. The molecule has 2 atom stereocenters. The van der Waals surface area contributed by atoms with Crippen LogP contribution in [0.25, 0.3) is 0 Å². The first-order chi connectivity index (χ1) is 8.60. The highest BCUT2D eigenvalue weighted by Crippen LogP contribution is 2.30. The number of hydrogen-bond donors (Lipinski definition) is 2. The van der Waals surface area contributed by atoms with Gasteiger partial charge in [0.05, 0.1) is 6.10 Å². The van der Waals surface area contributed by atoms with Crippen LogP contribution in [-0.2, 0) is 9.53 Å². The lowest BCUT2D eigenvalue weighted by molar-refractivity contribution is -0.129. The third kappa shape index (κ3) is 6.05. The summed E-state index contributed by atoms with van der Waals surface area (Å²) in [5.74, 6) is -0.177. The van der Waals surface area contributed by atoms with Gasteiger partial charge in [0, 0.05) is 18.6 Å². The number of halogens is 3. The van der Waals surface area contributed by atoms with Gasteiger partial charge in [-0.2, -0.15) is 0 Å². The number of carbonyl (C=O) groups excluding carboxylic acids is 1. The van der Waals surface area contributed by atoms with Crippen molar-refractivity contribution in [1.82, 2.24) is 10.6 Å². The van der Waals surface area contributed by atoms with Crippen LogP contribution in [-0.4, -0.2) is 35.1 Å². The van der Waals surface area contributed by atoms with Gasteiger partial charge in [-0.3, -0.25) is 10.1 Å². The Labute approximate surface area is 129 Å². The first kappa shape index (κ1) is 17.3. The van der Waals surface area contributed by atoms with Gasteiger partial charge < -0.3 is 10.1 Å². The standard InChI is InChI=1S/C12H21Cl3N2O2/c1-11(2,3)10(18)17-9(12(13,14)15)16-7-8-5-4-6-19-8/h8-9,16H,4-7H2,1-3H3,(H,17,18)/t8-,9-/m0/s1. The highest BCUT2D eigenvalue weighted by molar-refractivity contribution is 6.68. The zero-order chi connectivity index (χ0) is 14.7. The van der Waals surface area contributed by atoms with Crippen molar-refractivity contribution in [2.24, 2.45) is 5.41 Å². The smallest absolute Gasteiger partial charge is 0.226 e. The van der Waals surface area contributed by atoms with E-state index in [0.29, 0.717) is 6.54 Å². The minimum Gasteiger partial charge on any atom is -0.377 e. The van der Waals surface area contributed by atoms with Crippen LogP contribution >= 0.6 is 34.8 Å². The van der Waals surface area contributed by atoms with Gasteiger partial charge in [0.15, 0.2) is 0 Å². The van der Waals surface area contributed by atoms with E-state index in [4.69, 9.17) is 39.5 Å². The lowest BCUT2D eigenvalue weighted by atomic mass is 9.95. The molecule has 1 heterocycles. The Kier molecular flexibility index (Phi) is 6.21. The lowest BCUT2D eigenvalue weighted by Gasteiger charge is -2.30. The highest BCUT2D eigenvalue weighted by Gasteiger charge is 2.36. The summed E-state index contributed by atoms with van der Waals surface area (Å²) in [7, 11) is 0. The van der Waals surface area contributed by atoms with Gasteiger partial charge in [-0.05, 0) is 12.8 Å². The highest BCUT2D eigenvalue weighted by atomic mass is 35.6. The van der Waals surface area contributed by atoms with Crippen molar-refractivity contribution >= 4 is 40.7 Å². The van der Waals surface area contributed by atoms with Crippen LogP contribution in [0.3, 0.4) is 0 Å². The van der Waals surface area contributed by atoms with Gasteiger partial charge >= 0.3 is 0 Å². The van der Waals surface area contributed by atoms with Crippen molar-refractivity contribution in [1.29, 1.82) is 0 Å². The van der Waals surface area contributed by atoms with Crippen LogP contribution in [0.1, 0.15) is 33.6 Å². The summed E-state index contributed by atoms with van der Waals surface area (Å²) in [5, 5.41) is 5.77. The summed E-state index contributed by atoms with van der Waals surface area (Å²) in [6, 6.07) is 0. The topological polar surface area (TPSA) is 50.4 Å². The van der Waals surface area contributed by atoms with E-state index in [2.05, 4.69) is 10.6 Å². The Bertz CT molecular complexity index is 307. The summed E-state index contributed by atoms with van der Waals surface area (Å²) < 4.78 is 3.87. The minimum absolute atomic E-state index is 0.112. The molecular weight excluding hydrogens is 311 g/mol. The van der Waals surface area contributed by atoms with Gasteiger partial charge in [0.2, 0.25) is 9.70 Å². The number of amides is 1. The molecule has 4 nitrogen and oxygen atoms in total. The predicted molar refractivity (Wildman–Crippen MR) is 78.7 cm³/mol. The summed E-state index contributed by atoms with van der Waals surface area (Å²) >= 11 is 17.7. The third-order valence-corrected chi connectivity index (χ3v) is 3.51. The fourth-order valence-corrected chi connectivity index (χ4v) is 2.05. The molecular formula is C12H21Cl3N2O2. The van der Waals surface area contributed by atoms with Crippen molar-refractivity contribution in [3.05, 3.63) is 0 Å². The molecule has 0 radical (unpaired) electrons. The molecule has 0 aromatic carbocycles. The van der Waals surface area contributed by atoms with Crippen molar-refractivity contribution in [3.63, 3.8) is 0 Å². The van der Waals surface area contributed by atoms with E-state index in [0.717, 1.165) is 19.4 Å². The maximum Gasteiger partial charge on any atom is 0.226 e. The Morgan fingerprint density at radius 3 is 2.42 bits per heavy atom. The van der Waals surface area contributed by atoms with Crippen LogP contribution in [0.2, 0.25) is 0 Å². The number of hydrogen-bond acceptors (Lipinski definition) is 3. The maximum absolute atomic E-state index is 12.0. The number of alkyl halides is 3. The molecule has 19 heavy (non-hydrogen) atoms. The fraction of sp³-hybridized carbons (Fsp3) is 0.917. The van der Waals surface area contributed by atoms with E-state index in [-0.39, 0.29) is 12.0 Å². The molecule has 7 heteroatoms. The van der Waals surface area contributed by atoms with E-state index in [9.17, 15) is 4.79 Å². The van der Waals surface area contributed by atoms with E-state index < -0.39 is 15.4 Å². The van der Waals surface area contributed by atoms with E-state index >= 15 is 0 Å². The Hall–Kier alpha value is 0.260. The Morgan fingerprint density at radius 1 is 1.37 bits per heavy atom. The molecule has 0 spiro atoms. The van der Waals surface area contributed by atoms with E-state index in [1.165, 1.54) is 0 Å². The average Bonchev–Trinajstić information content (AvgIpc) is 2.73. The quantitative estimate of drug-likeness (QED) is 0.615. The van der Waals surface area contributed by atoms with Crippen molar-refractivity contribution in [2.75, 3.05) is 13.2 Å². The van der Waals surface area contributed by atoms with Gasteiger partial charge in [0.25, 0.3) is 0 Å². The summed E-state index contributed by atoms with van der Waals surface area (Å²) in [4.78, 5) is 12.0. The molecule has 0 saturated carbocycles. The number of carbonyl (C=O) groups is 1. The zero-order valence-electron chi connectivity index (χ0n) is 11.4. The number of ether oxygens (including phenoxy) is 1. The van der Waals surface area contributed by atoms with Crippen molar-refractivity contribution in [2.45, 2.75) is 49.7 Å². The molecule has 1 aliphatic rings. The van der Waals surface area contributed by atoms with E-state index in [1.54, 1.807) is 20.8 Å². The molecule has 1 saturated heterocycles. The van der Waals surface area contributed by atoms with E-state index in [1.807, 2.05) is 0 Å². The van der Waals surface area contributed by atoms with Gasteiger partial charge in [-0.25, -0.2) is 0 Å². The SMILES string of the molecule is CC(C)(C)C(=O)N[C@H](NC[C@@H]1CCCO1)C(Cl)(Cl)Cl. The summed E-state index contributed by atoms with van der Waals surface area (Å²) in [6.07, 6.45) is 1.39. The minimum atomic E-state index is -1.61. The van der Waals surface area contributed by atoms with Crippen LogP contribution < -0.4 is 10.6 Å². The second kappa shape index (κ2) is 6.81. The largest absolute Gasteiger partial charge is 0.377 e. The first-order valence-electron chi connectivity index (χ1n) is 6.33.